The predicted molar refractivity (Wildman–Crippen MR) is 76.0 cm³/mol. The van der Waals surface area contributed by atoms with Gasteiger partial charge in [0.15, 0.2) is 5.78 Å². The SMILES string of the molecule is O=C(O)c1ccc(I)cc1C(=O)c1ccccc1. The van der Waals surface area contributed by atoms with E-state index in [9.17, 15) is 9.59 Å². The van der Waals surface area contributed by atoms with Crippen LogP contribution in [0.1, 0.15) is 26.3 Å². The smallest absolute Gasteiger partial charge is 0.336 e. The molecule has 2 rings (SSSR count). The Kier molecular flexibility index (Phi) is 3.76. The maximum absolute atomic E-state index is 12.3. The molecule has 0 saturated carbocycles. The van der Waals surface area contributed by atoms with Crippen molar-refractivity contribution in [2.24, 2.45) is 0 Å². The molecule has 0 radical (unpaired) electrons. The van der Waals surface area contributed by atoms with Crippen molar-refractivity contribution in [2.75, 3.05) is 0 Å². The van der Waals surface area contributed by atoms with Gasteiger partial charge in [-0.15, -0.1) is 0 Å². The summed E-state index contributed by atoms with van der Waals surface area (Å²) in [7, 11) is 0. The van der Waals surface area contributed by atoms with E-state index in [4.69, 9.17) is 5.11 Å². The molecule has 0 fully saturated rings. The molecule has 0 amide bonds. The average Bonchev–Trinajstić information content (AvgIpc) is 2.38. The van der Waals surface area contributed by atoms with E-state index in [0.717, 1.165) is 3.57 Å². The maximum atomic E-state index is 12.3. The molecule has 0 atom stereocenters. The number of ketones is 1. The Bertz CT molecular complexity index is 606. The number of carbonyl (C=O) groups excluding carboxylic acids is 1. The zero-order valence-corrected chi connectivity index (χ0v) is 11.4. The topological polar surface area (TPSA) is 54.4 Å². The Labute approximate surface area is 118 Å². The Morgan fingerprint density at radius 2 is 1.61 bits per heavy atom. The van der Waals surface area contributed by atoms with Gasteiger partial charge in [0.2, 0.25) is 0 Å². The summed E-state index contributed by atoms with van der Waals surface area (Å²) in [6.07, 6.45) is 0. The molecule has 0 heterocycles. The van der Waals surface area contributed by atoms with Gasteiger partial charge in [0.1, 0.15) is 0 Å². The minimum absolute atomic E-state index is 0.0317. The summed E-state index contributed by atoms with van der Waals surface area (Å²) in [5, 5.41) is 9.10. The standard InChI is InChI=1S/C14H9IO3/c15-10-6-7-11(14(17)18)12(8-10)13(16)9-4-2-1-3-5-9/h1-8H,(H,17,18). The van der Waals surface area contributed by atoms with Crippen LogP contribution in [0.3, 0.4) is 0 Å². The van der Waals surface area contributed by atoms with Crippen molar-refractivity contribution in [3.05, 3.63) is 68.8 Å². The Balaban J connectivity index is 2.54. The van der Waals surface area contributed by atoms with Crippen molar-refractivity contribution in [3.63, 3.8) is 0 Å². The van der Waals surface area contributed by atoms with Crippen molar-refractivity contribution >= 4 is 34.3 Å². The number of benzene rings is 2. The fourth-order valence-corrected chi connectivity index (χ4v) is 2.13. The molecule has 0 bridgehead atoms. The summed E-state index contributed by atoms with van der Waals surface area (Å²) in [6, 6.07) is 13.4. The molecule has 2 aromatic carbocycles. The van der Waals surface area contributed by atoms with Crippen LogP contribution in [0.4, 0.5) is 0 Å². The van der Waals surface area contributed by atoms with Gasteiger partial charge in [-0.1, -0.05) is 30.3 Å². The molecule has 18 heavy (non-hydrogen) atoms. The van der Waals surface area contributed by atoms with Gasteiger partial charge in [0, 0.05) is 14.7 Å². The van der Waals surface area contributed by atoms with Gasteiger partial charge in [-0.3, -0.25) is 4.79 Å². The molecule has 90 valence electrons. The van der Waals surface area contributed by atoms with E-state index in [1.807, 2.05) is 6.07 Å². The Morgan fingerprint density at radius 1 is 0.944 bits per heavy atom. The number of carboxylic acids is 1. The fourth-order valence-electron chi connectivity index (χ4n) is 1.64. The van der Waals surface area contributed by atoms with Crippen LogP contribution in [0.5, 0.6) is 0 Å². The van der Waals surface area contributed by atoms with Crippen LogP contribution in [0.15, 0.2) is 48.5 Å². The lowest BCUT2D eigenvalue weighted by atomic mass is 9.98. The molecule has 0 unspecified atom stereocenters. The van der Waals surface area contributed by atoms with E-state index in [1.54, 1.807) is 36.4 Å². The Hall–Kier alpha value is -1.69. The molecular formula is C14H9IO3. The summed E-state index contributed by atoms with van der Waals surface area (Å²) < 4.78 is 0.830. The van der Waals surface area contributed by atoms with Crippen molar-refractivity contribution in [1.82, 2.24) is 0 Å². The highest BCUT2D eigenvalue weighted by Gasteiger charge is 2.17. The van der Waals surface area contributed by atoms with Crippen LogP contribution < -0.4 is 0 Å². The summed E-state index contributed by atoms with van der Waals surface area (Å²) in [4.78, 5) is 23.4. The molecule has 0 spiro atoms. The fraction of sp³-hybridized carbons (Fsp3) is 0. The molecule has 0 aliphatic heterocycles. The van der Waals surface area contributed by atoms with Gasteiger partial charge in [-0.25, -0.2) is 4.79 Å². The highest BCUT2D eigenvalue weighted by molar-refractivity contribution is 14.1. The molecule has 0 aromatic heterocycles. The summed E-state index contributed by atoms with van der Waals surface area (Å²) in [6.45, 7) is 0. The van der Waals surface area contributed by atoms with Crippen molar-refractivity contribution in [2.45, 2.75) is 0 Å². The molecule has 2 aromatic rings. The lowest BCUT2D eigenvalue weighted by molar-refractivity contribution is 0.0693. The first-order chi connectivity index (χ1) is 8.59. The van der Waals surface area contributed by atoms with Gasteiger partial charge in [0.25, 0.3) is 0 Å². The third-order valence-electron chi connectivity index (χ3n) is 2.49. The Morgan fingerprint density at radius 3 is 2.22 bits per heavy atom. The number of halogens is 1. The second-order valence-corrected chi connectivity index (χ2v) is 4.94. The van der Waals surface area contributed by atoms with Crippen LogP contribution in [-0.4, -0.2) is 16.9 Å². The lowest BCUT2D eigenvalue weighted by Gasteiger charge is -2.06. The first kappa shape index (κ1) is 12.8. The number of carbonyl (C=O) groups is 2. The van der Waals surface area contributed by atoms with Gasteiger partial charge < -0.3 is 5.11 Å². The van der Waals surface area contributed by atoms with E-state index in [0.29, 0.717) is 5.56 Å². The van der Waals surface area contributed by atoms with Crippen molar-refractivity contribution < 1.29 is 14.7 Å². The molecule has 0 aliphatic rings. The summed E-state index contributed by atoms with van der Waals surface area (Å²) in [5.74, 6) is -1.36. The van der Waals surface area contributed by atoms with Crippen LogP contribution in [0, 0.1) is 3.57 Å². The highest BCUT2D eigenvalue weighted by Crippen LogP contribution is 2.18. The van der Waals surface area contributed by atoms with E-state index in [2.05, 4.69) is 22.6 Å². The zero-order chi connectivity index (χ0) is 13.1. The van der Waals surface area contributed by atoms with E-state index in [1.165, 1.54) is 6.07 Å². The summed E-state index contributed by atoms with van der Waals surface area (Å²) in [5.41, 5.74) is 0.742. The molecule has 0 aliphatic carbocycles. The normalized spacial score (nSPS) is 10.1. The first-order valence-corrected chi connectivity index (χ1v) is 6.30. The van der Waals surface area contributed by atoms with Crippen LogP contribution in [0.2, 0.25) is 0 Å². The lowest BCUT2D eigenvalue weighted by Crippen LogP contribution is -2.10. The van der Waals surface area contributed by atoms with E-state index >= 15 is 0 Å². The number of hydrogen-bond donors (Lipinski definition) is 1. The van der Waals surface area contributed by atoms with Crippen LogP contribution >= 0.6 is 22.6 Å². The minimum atomic E-state index is -1.09. The molecule has 1 N–H and O–H groups in total. The average molecular weight is 352 g/mol. The number of rotatable bonds is 3. The summed E-state index contributed by atoms with van der Waals surface area (Å²) >= 11 is 2.05. The van der Waals surface area contributed by atoms with Gasteiger partial charge in [-0.2, -0.15) is 0 Å². The molecular weight excluding hydrogens is 343 g/mol. The second-order valence-electron chi connectivity index (χ2n) is 3.69. The third-order valence-corrected chi connectivity index (χ3v) is 3.16. The first-order valence-electron chi connectivity index (χ1n) is 5.22. The number of carboxylic acid groups (broad SMARTS) is 1. The quantitative estimate of drug-likeness (QED) is 0.682. The number of aromatic carboxylic acids is 1. The minimum Gasteiger partial charge on any atom is -0.478 e. The largest absolute Gasteiger partial charge is 0.478 e. The predicted octanol–water partition coefficient (Wildman–Crippen LogP) is 3.22. The monoisotopic (exact) mass is 352 g/mol. The van der Waals surface area contributed by atoms with Crippen LogP contribution in [-0.2, 0) is 0 Å². The van der Waals surface area contributed by atoms with Crippen LogP contribution in [0.25, 0.3) is 0 Å². The van der Waals surface area contributed by atoms with Crippen molar-refractivity contribution in [3.8, 4) is 0 Å². The van der Waals surface area contributed by atoms with Gasteiger partial charge >= 0.3 is 5.97 Å². The van der Waals surface area contributed by atoms with Gasteiger partial charge in [-0.05, 0) is 40.8 Å². The second kappa shape index (κ2) is 5.30. The highest BCUT2D eigenvalue weighted by atomic mass is 127. The number of hydrogen-bond acceptors (Lipinski definition) is 2. The third kappa shape index (κ3) is 2.59. The van der Waals surface area contributed by atoms with Gasteiger partial charge in [0.05, 0.1) is 5.56 Å². The molecule has 0 saturated heterocycles. The van der Waals surface area contributed by atoms with Crippen molar-refractivity contribution in [1.29, 1.82) is 0 Å². The van der Waals surface area contributed by atoms with E-state index < -0.39 is 5.97 Å². The van der Waals surface area contributed by atoms with E-state index in [-0.39, 0.29) is 16.9 Å². The molecule has 4 heteroatoms. The maximum Gasteiger partial charge on any atom is 0.336 e. The molecule has 3 nitrogen and oxygen atoms in total. The zero-order valence-electron chi connectivity index (χ0n) is 9.26.